The van der Waals surface area contributed by atoms with Crippen molar-refractivity contribution in [3.05, 3.63) is 78.6 Å². The lowest BCUT2D eigenvalue weighted by Crippen LogP contribution is -2.37. The summed E-state index contributed by atoms with van der Waals surface area (Å²) in [4.78, 5) is 37.3. The molecular formula is C20H19FN2O4. The Kier molecular flexibility index (Phi) is 7.25. The Morgan fingerprint density at radius 2 is 1.74 bits per heavy atom. The van der Waals surface area contributed by atoms with Gasteiger partial charge < -0.3 is 15.0 Å². The number of esters is 1. The van der Waals surface area contributed by atoms with Crippen LogP contribution in [0.4, 0.5) is 10.1 Å². The molecule has 2 aromatic rings. The van der Waals surface area contributed by atoms with Crippen molar-refractivity contribution in [3.63, 3.8) is 0 Å². The number of para-hydroxylation sites is 1. The Bertz CT molecular complexity index is 824. The molecule has 1 N–H and O–H groups in total. The minimum Gasteiger partial charge on any atom is -0.454 e. The van der Waals surface area contributed by atoms with Gasteiger partial charge in [-0.3, -0.25) is 14.4 Å². The van der Waals surface area contributed by atoms with Gasteiger partial charge in [0.05, 0.1) is 5.56 Å². The van der Waals surface area contributed by atoms with Gasteiger partial charge >= 0.3 is 5.97 Å². The van der Waals surface area contributed by atoms with Crippen LogP contribution in [0.3, 0.4) is 0 Å². The number of carbonyl (C=O) groups is 3. The molecule has 2 amide bonds. The Morgan fingerprint density at radius 3 is 2.41 bits per heavy atom. The third-order valence-electron chi connectivity index (χ3n) is 3.55. The number of benzene rings is 2. The zero-order valence-electron chi connectivity index (χ0n) is 14.6. The quantitative estimate of drug-likeness (QED) is 0.572. The third kappa shape index (κ3) is 5.78. The predicted molar refractivity (Wildman–Crippen MR) is 98.7 cm³/mol. The summed E-state index contributed by atoms with van der Waals surface area (Å²) in [5, 5.41) is 2.25. The number of hydrogen-bond donors (Lipinski definition) is 1. The van der Waals surface area contributed by atoms with Gasteiger partial charge in [0.1, 0.15) is 12.4 Å². The summed E-state index contributed by atoms with van der Waals surface area (Å²) in [7, 11) is 0. The van der Waals surface area contributed by atoms with Crippen molar-refractivity contribution in [1.82, 2.24) is 5.32 Å². The standard InChI is InChI=1S/C20H19FN2O4/c1-2-12-23(15-8-4-3-5-9-15)18(24)14-27-19(25)13-22-20(26)16-10-6-7-11-17(16)21/h2-11H,1,12-14H2,(H,22,26). The summed E-state index contributed by atoms with van der Waals surface area (Å²) in [6.07, 6.45) is 1.56. The number of anilines is 1. The van der Waals surface area contributed by atoms with Crippen molar-refractivity contribution in [3.8, 4) is 0 Å². The minimum absolute atomic E-state index is 0.178. The molecule has 7 heteroatoms. The van der Waals surface area contributed by atoms with E-state index < -0.39 is 36.8 Å². The molecule has 0 aromatic heterocycles. The molecular weight excluding hydrogens is 351 g/mol. The first kappa shape index (κ1) is 19.8. The van der Waals surface area contributed by atoms with E-state index in [2.05, 4.69) is 11.9 Å². The van der Waals surface area contributed by atoms with Crippen LogP contribution in [0.2, 0.25) is 0 Å². The Balaban J connectivity index is 1.85. The molecule has 2 aromatic carbocycles. The molecule has 0 aliphatic rings. The van der Waals surface area contributed by atoms with E-state index in [-0.39, 0.29) is 12.1 Å². The molecule has 0 unspecified atom stereocenters. The molecule has 0 bridgehead atoms. The summed E-state index contributed by atoms with van der Waals surface area (Å²) in [5.41, 5.74) is 0.467. The van der Waals surface area contributed by atoms with Gasteiger partial charge in [0.15, 0.2) is 6.61 Å². The fraction of sp³-hybridized carbons (Fsp3) is 0.150. The number of nitrogens with one attached hydrogen (secondary N) is 1. The van der Waals surface area contributed by atoms with Crippen LogP contribution in [0.1, 0.15) is 10.4 Å². The minimum atomic E-state index is -0.806. The highest BCUT2D eigenvalue weighted by Gasteiger charge is 2.17. The average Bonchev–Trinajstić information content (AvgIpc) is 2.69. The zero-order valence-corrected chi connectivity index (χ0v) is 14.6. The molecule has 0 fully saturated rings. The van der Waals surface area contributed by atoms with Crippen LogP contribution < -0.4 is 10.2 Å². The zero-order chi connectivity index (χ0) is 19.6. The van der Waals surface area contributed by atoms with Gasteiger partial charge in [-0.25, -0.2) is 4.39 Å². The largest absolute Gasteiger partial charge is 0.454 e. The van der Waals surface area contributed by atoms with Gasteiger partial charge in [-0.2, -0.15) is 0 Å². The number of hydrogen-bond acceptors (Lipinski definition) is 4. The van der Waals surface area contributed by atoms with Gasteiger partial charge in [0.25, 0.3) is 11.8 Å². The number of ether oxygens (including phenoxy) is 1. The van der Waals surface area contributed by atoms with Gasteiger partial charge in [0.2, 0.25) is 0 Å². The normalized spacial score (nSPS) is 9.96. The number of carbonyl (C=O) groups excluding carboxylic acids is 3. The number of rotatable bonds is 8. The second-order valence-corrected chi connectivity index (χ2v) is 5.45. The second-order valence-electron chi connectivity index (χ2n) is 5.45. The van der Waals surface area contributed by atoms with Crippen molar-refractivity contribution in [2.45, 2.75) is 0 Å². The van der Waals surface area contributed by atoms with E-state index >= 15 is 0 Å². The van der Waals surface area contributed by atoms with Crippen molar-refractivity contribution in [2.24, 2.45) is 0 Å². The maximum absolute atomic E-state index is 13.5. The lowest BCUT2D eigenvalue weighted by molar-refractivity contribution is -0.146. The Morgan fingerprint density at radius 1 is 1.07 bits per heavy atom. The van der Waals surface area contributed by atoms with Gasteiger partial charge in [0, 0.05) is 12.2 Å². The van der Waals surface area contributed by atoms with E-state index in [0.29, 0.717) is 5.69 Å². The van der Waals surface area contributed by atoms with E-state index in [0.717, 1.165) is 6.07 Å². The van der Waals surface area contributed by atoms with Crippen LogP contribution in [0, 0.1) is 5.82 Å². The first-order chi connectivity index (χ1) is 13.0. The van der Waals surface area contributed by atoms with Crippen LogP contribution in [0.5, 0.6) is 0 Å². The molecule has 0 saturated heterocycles. The van der Waals surface area contributed by atoms with Gasteiger partial charge in [-0.15, -0.1) is 6.58 Å². The number of nitrogens with zero attached hydrogens (tertiary/aromatic N) is 1. The van der Waals surface area contributed by atoms with Crippen LogP contribution in [0.25, 0.3) is 0 Å². The van der Waals surface area contributed by atoms with E-state index in [1.165, 1.54) is 23.1 Å². The lowest BCUT2D eigenvalue weighted by Gasteiger charge is -2.21. The van der Waals surface area contributed by atoms with E-state index in [1.54, 1.807) is 30.3 Å². The highest BCUT2D eigenvalue weighted by molar-refractivity contribution is 5.97. The Labute approximate surface area is 156 Å². The van der Waals surface area contributed by atoms with E-state index in [9.17, 15) is 18.8 Å². The number of amides is 2. The summed E-state index contributed by atoms with van der Waals surface area (Å²) in [5.74, 6) is -2.68. The van der Waals surface area contributed by atoms with Gasteiger partial charge in [-0.1, -0.05) is 36.4 Å². The first-order valence-electron chi connectivity index (χ1n) is 8.17. The molecule has 6 nitrogen and oxygen atoms in total. The number of halogens is 1. The molecule has 27 heavy (non-hydrogen) atoms. The molecule has 0 saturated carbocycles. The van der Waals surface area contributed by atoms with Crippen LogP contribution in [-0.2, 0) is 14.3 Å². The third-order valence-corrected chi connectivity index (χ3v) is 3.55. The summed E-state index contributed by atoms with van der Waals surface area (Å²) >= 11 is 0. The summed E-state index contributed by atoms with van der Waals surface area (Å²) in [6, 6.07) is 14.3. The maximum atomic E-state index is 13.5. The highest BCUT2D eigenvalue weighted by Crippen LogP contribution is 2.13. The molecule has 0 radical (unpaired) electrons. The molecule has 0 spiro atoms. The molecule has 0 heterocycles. The fourth-order valence-corrected chi connectivity index (χ4v) is 2.25. The molecule has 2 rings (SSSR count). The molecule has 0 aliphatic heterocycles. The van der Waals surface area contributed by atoms with Crippen LogP contribution in [0.15, 0.2) is 67.3 Å². The summed E-state index contributed by atoms with van der Waals surface area (Å²) in [6.45, 7) is 2.90. The monoisotopic (exact) mass is 370 g/mol. The lowest BCUT2D eigenvalue weighted by atomic mass is 10.2. The van der Waals surface area contributed by atoms with Gasteiger partial charge in [-0.05, 0) is 24.3 Å². The van der Waals surface area contributed by atoms with Crippen LogP contribution >= 0.6 is 0 Å². The predicted octanol–water partition coefficient (Wildman–Crippen LogP) is 2.32. The summed E-state index contributed by atoms with van der Waals surface area (Å²) < 4.78 is 18.4. The van der Waals surface area contributed by atoms with Crippen LogP contribution in [-0.4, -0.2) is 37.5 Å². The first-order valence-corrected chi connectivity index (χ1v) is 8.17. The van der Waals surface area contributed by atoms with E-state index in [4.69, 9.17) is 4.74 Å². The second kappa shape index (κ2) is 9.86. The smallest absolute Gasteiger partial charge is 0.325 e. The maximum Gasteiger partial charge on any atom is 0.325 e. The Hall–Kier alpha value is -3.48. The fourth-order valence-electron chi connectivity index (χ4n) is 2.25. The average molecular weight is 370 g/mol. The molecule has 0 aliphatic carbocycles. The SMILES string of the molecule is C=CCN(C(=O)COC(=O)CNC(=O)c1ccccc1F)c1ccccc1. The van der Waals surface area contributed by atoms with Crippen molar-refractivity contribution in [1.29, 1.82) is 0 Å². The molecule has 0 atom stereocenters. The van der Waals surface area contributed by atoms with Crippen molar-refractivity contribution in [2.75, 3.05) is 24.6 Å². The van der Waals surface area contributed by atoms with Crippen molar-refractivity contribution < 1.29 is 23.5 Å². The van der Waals surface area contributed by atoms with Crippen molar-refractivity contribution >= 4 is 23.5 Å². The topological polar surface area (TPSA) is 75.7 Å². The van der Waals surface area contributed by atoms with E-state index in [1.807, 2.05) is 6.07 Å². The molecule has 140 valence electrons. The highest BCUT2D eigenvalue weighted by atomic mass is 19.1.